The summed E-state index contributed by atoms with van der Waals surface area (Å²) < 4.78 is 31.6. The molecule has 0 spiro atoms. The van der Waals surface area contributed by atoms with Crippen molar-refractivity contribution in [2.75, 3.05) is 7.11 Å². The van der Waals surface area contributed by atoms with E-state index < -0.39 is 44.3 Å². The predicted molar refractivity (Wildman–Crippen MR) is 174 cm³/mol. The number of carbonyl (C=O) groups is 2. The summed E-state index contributed by atoms with van der Waals surface area (Å²) in [7, 11) is 0.0906. The molecule has 0 aromatic heterocycles. The number of nitrogens with one attached hydrogen (secondary N) is 1. The number of alkyl carbamates (subject to hydrolysis) is 1. The highest BCUT2D eigenvalue weighted by Crippen LogP contribution is 2.51. The molecule has 1 aromatic carbocycles. The number of benzene rings is 1. The minimum atomic E-state index is -1.33. The summed E-state index contributed by atoms with van der Waals surface area (Å²) >= 11 is 6.84. The van der Waals surface area contributed by atoms with Crippen molar-refractivity contribution in [1.82, 2.24) is 5.32 Å². The van der Waals surface area contributed by atoms with E-state index in [2.05, 4.69) is 60.0 Å². The van der Waals surface area contributed by atoms with Gasteiger partial charge in [0, 0.05) is 17.9 Å². The van der Waals surface area contributed by atoms with Crippen LogP contribution in [0.15, 0.2) is 18.2 Å². The van der Waals surface area contributed by atoms with Crippen LogP contribution in [0.25, 0.3) is 0 Å². The van der Waals surface area contributed by atoms with Crippen molar-refractivity contribution in [3.8, 4) is 0 Å². The number of esters is 1. The van der Waals surface area contributed by atoms with E-state index in [1.54, 1.807) is 0 Å². The van der Waals surface area contributed by atoms with Crippen molar-refractivity contribution in [2.24, 2.45) is 28.6 Å². The fourth-order valence-corrected chi connectivity index (χ4v) is 8.34. The van der Waals surface area contributed by atoms with Crippen molar-refractivity contribution >= 4 is 32.7 Å². The van der Waals surface area contributed by atoms with Gasteiger partial charge in [0.1, 0.15) is 11.8 Å². The Kier molecular flexibility index (Phi) is 11.1. The number of hydrogen-bond acceptors (Lipinski definition) is 5. The van der Waals surface area contributed by atoms with Crippen molar-refractivity contribution in [3.63, 3.8) is 0 Å². The topological polar surface area (TPSA) is 73.9 Å². The third kappa shape index (κ3) is 9.20. The van der Waals surface area contributed by atoms with Crippen molar-refractivity contribution in [3.05, 3.63) is 34.3 Å². The SMILES string of the molecule is COC(=O)C(C1CC(C(O[SiH](C)C)C(C)(C)C)C1)C(C)(NC(=O)OC1CC(C)(F)C1)c1ccc(CCC(C)(C)C)c(Cl)c1. The predicted octanol–water partition coefficient (Wildman–Crippen LogP) is 8.38. The standard InChI is InChI=1S/C34H55ClFNO5Si/c1-31(2,3)15-14-21-12-13-24(18-26(21)35)34(8,37-30(39)41-25-19-33(7,36)20-25)27(29(38)40-9)22-16-23(17-22)28(32(4,5)6)42-43(10)11/h12-13,18,22-23,25,27-28,43H,14-17,19-20H2,1-11H3,(H,37,39). The summed E-state index contributed by atoms with van der Waals surface area (Å²) in [5.74, 6) is -0.848. The maximum atomic E-state index is 14.1. The lowest BCUT2D eigenvalue weighted by atomic mass is 9.58. The van der Waals surface area contributed by atoms with Gasteiger partial charge in [-0.3, -0.25) is 4.79 Å². The van der Waals surface area contributed by atoms with Gasteiger partial charge >= 0.3 is 12.1 Å². The van der Waals surface area contributed by atoms with Gasteiger partial charge in [-0.05, 0) is 92.5 Å². The zero-order valence-corrected chi connectivity index (χ0v) is 30.1. The molecule has 9 heteroatoms. The second-order valence-electron chi connectivity index (χ2n) is 16.0. The first-order valence-electron chi connectivity index (χ1n) is 15.8. The number of hydrogen-bond donors (Lipinski definition) is 1. The number of amides is 1. The van der Waals surface area contributed by atoms with Gasteiger partial charge in [0.05, 0.1) is 24.7 Å². The van der Waals surface area contributed by atoms with Gasteiger partial charge in [0.25, 0.3) is 0 Å². The molecule has 0 saturated heterocycles. The van der Waals surface area contributed by atoms with Crippen LogP contribution in [0.1, 0.15) is 98.6 Å². The third-order valence-electron chi connectivity index (χ3n) is 9.20. The number of halogens is 2. The van der Waals surface area contributed by atoms with Gasteiger partial charge in [-0.2, -0.15) is 0 Å². The quantitative estimate of drug-likeness (QED) is 0.194. The summed E-state index contributed by atoms with van der Waals surface area (Å²) in [6, 6.07) is 5.80. The molecule has 1 aromatic rings. The first-order valence-corrected chi connectivity index (χ1v) is 19.0. The summed E-state index contributed by atoms with van der Waals surface area (Å²) in [6.07, 6.45) is 2.55. The van der Waals surface area contributed by atoms with E-state index in [0.29, 0.717) is 16.5 Å². The van der Waals surface area contributed by atoms with Crippen molar-refractivity contribution in [1.29, 1.82) is 0 Å². The maximum absolute atomic E-state index is 14.1. The van der Waals surface area contributed by atoms with Gasteiger partial charge in [-0.25, -0.2) is 9.18 Å². The molecule has 244 valence electrons. The average Bonchev–Trinajstić information content (AvgIpc) is 2.80. The number of alkyl halides is 1. The van der Waals surface area contributed by atoms with Gasteiger partial charge in [-0.15, -0.1) is 0 Å². The number of carbonyl (C=O) groups excluding carboxylic acids is 2. The molecule has 6 nitrogen and oxygen atoms in total. The molecule has 3 atom stereocenters. The molecule has 0 heterocycles. The van der Waals surface area contributed by atoms with Crippen LogP contribution in [0.5, 0.6) is 0 Å². The average molecular weight is 640 g/mol. The maximum Gasteiger partial charge on any atom is 0.408 e. The summed E-state index contributed by atoms with van der Waals surface area (Å²) in [5, 5.41) is 3.63. The van der Waals surface area contributed by atoms with E-state index in [1.165, 1.54) is 14.0 Å². The van der Waals surface area contributed by atoms with E-state index in [4.69, 9.17) is 25.5 Å². The number of methoxy groups -OCH3 is 1. The summed E-state index contributed by atoms with van der Waals surface area (Å²) in [5.41, 5.74) is -0.672. The molecule has 1 amide bonds. The van der Waals surface area contributed by atoms with Crippen LogP contribution in [-0.2, 0) is 30.7 Å². The van der Waals surface area contributed by atoms with E-state index in [1.807, 2.05) is 25.1 Å². The molecule has 3 rings (SSSR count). The van der Waals surface area contributed by atoms with Crippen LogP contribution in [0.3, 0.4) is 0 Å². The van der Waals surface area contributed by atoms with Crippen molar-refractivity contribution in [2.45, 2.75) is 130 Å². The van der Waals surface area contributed by atoms with Crippen LogP contribution in [-0.4, -0.2) is 46.1 Å². The second kappa shape index (κ2) is 13.4. The van der Waals surface area contributed by atoms with Gasteiger partial charge in [0.15, 0.2) is 9.04 Å². The fourth-order valence-electron chi connectivity index (χ4n) is 6.85. The molecule has 3 unspecified atom stereocenters. The van der Waals surface area contributed by atoms with Crippen LogP contribution >= 0.6 is 11.6 Å². The van der Waals surface area contributed by atoms with Gasteiger partial charge in [0.2, 0.25) is 0 Å². The molecule has 0 bridgehead atoms. The minimum absolute atomic E-state index is 0.0386. The Morgan fingerprint density at radius 1 is 1.09 bits per heavy atom. The lowest BCUT2D eigenvalue weighted by Crippen LogP contribution is -2.58. The highest BCUT2D eigenvalue weighted by atomic mass is 35.5. The summed E-state index contributed by atoms with van der Waals surface area (Å²) in [4.78, 5) is 26.9. The van der Waals surface area contributed by atoms with E-state index in [9.17, 15) is 14.0 Å². The highest BCUT2D eigenvalue weighted by Gasteiger charge is 2.54. The number of aryl methyl sites for hydroxylation is 1. The molecule has 0 aliphatic heterocycles. The second-order valence-corrected chi connectivity index (χ2v) is 18.8. The Balaban J connectivity index is 1.95. The third-order valence-corrected chi connectivity index (χ3v) is 10.4. The largest absolute Gasteiger partial charge is 0.469 e. The van der Waals surface area contributed by atoms with Crippen LogP contribution in [0.4, 0.5) is 9.18 Å². The zero-order valence-electron chi connectivity index (χ0n) is 28.2. The highest BCUT2D eigenvalue weighted by molar-refractivity contribution is 6.48. The first kappa shape index (κ1) is 35.8. The number of rotatable bonds is 11. The van der Waals surface area contributed by atoms with E-state index in [0.717, 1.165) is 31.2 Å². The van der Waals surface area contributed by atoms with Gasteiger partial charge in [-0.1, -0.05) is 65.3 Å². The van der Waals surface area contributed by atoms with Crippen LogP contribution in [0, 0.1) is 28.6 Å². The van der Waals surface area contributed by atoms with Crippen LogP contribution in [0.2, 0.25) is 18.1 Å². The Labute approximate surface area is 265 Å². The van der Waals surface area contributed by atoms with Crippen LogP contribution < -0.4 is 5.32 Å². The number of ether oxygens (including phenoxy) is 2. The monoisotopic (exact) mass is 639 g/mol. The smallest absolute Gasteiger partial charge is 0.408 e. The van der Waals surface area contributed by atoms with Crippen molar-refractivity contribution < 1.29 is 27.9 Å². The molecule has 1 N–H and O–H groups in total. The Bertz CT molecular complexity index is 1130. The van der Waals surface area contributed by atoms with Gasteiger partial charge < -0.3 is 19.2 Å². The molecular weight excluding hydrogens is 585 g/mol. The fraction of sp³-hybridized carbons (Fsp3) is 0.765. The minimum Gasteiger partial charge on any atom is -0.469 e. The lowest BCUT2D eigenvalue weighted by molar-refractivity contribution is -0.156. The molecular formula is C34H55ClFNO5Si. The first-order chi connectivity index (χ1) is 19.6. The zero-order chi connectivity index (χ0) is 32.5. The molecule has 2 saturated carbocycles. The molecule has 2 aliphatic rings. The molecule has 2 aliphatic carbocycles. The molecule has 2 fully saturated rings. The Morgan fingerprint density at radius 2 is 1.70 bits per heavy atom. The Hall–Kier alpha value is -1.64. The van der Waals surface area contributed by atoms with E-state index >= 15 is 0 Å². The summed E-state index contributed by atoms with van der Waals surface area (Å²) in [6.45, 7) is 20.9. The van der Waals surface area contributed by atoms with E-state index in [-0.39, 0.29) is 35.7 Å². The lowest BCUT2D eigenvalue weighted by Gasteiger charge is -2.51. The Morgan fingerprint density at radius 3 is 2.16 bits per heavy atom. The molecule has 43 heavy (non-hydrogen) atoms. The normalized spacial score (nSPS) is 26.9. The molecule has 0 radical (unpaired) electrons.